The number of hydrogen-bond donors (Lipinski definition) is 1. The molecule has 0 amide bonds. The van der Waals surface area contributed by atoms with Gasteiger partial charge in [-0.15, -0.1) is 0 Å². The minimum Gasteiger partial charge on any atom is -0.497 e. The van der Waals surface area contributed by atoms with Crippen molar-refractivity contribution in [1.82, 2.24) is 4.90 Å². The van der Waals surface area contributed by atoms with E-state index in [-0.39, 0.29) is 18.1 Å². The molecule has 2 bridgehead atoms. The first-order chi connectivity index (χ1) is 11.8. The molecule has 0 radical (unpaired) electrons. The van der Waals surface area contributed by atoms with E-state index in [0.717, 1.165) is 25.1 Å². The third-order valence-electron chi connectivity index (χ3n) is 5.78. The zero-order valence-corrected chi connectivity index (χ0v) is 14.1. The largest absolute Gasteiger partial charge is 0.497 e. The molecule has 3 nitrogen and oxygen atoms in total. The van der Waals surface area contributed by atoms with Crippen LogP contribution in [0.2, 0.25) is 0 Å². The molecule has 4 rings (SSSR count). The average molecular weight is 323 g/mol. The lowest BCUT2D eigenvalue weighted by Crippen LogP contribution is -2.50. The van der Waals surface area contributed by atoms with E-state index in [1.54, 1.807) is 7.11 Å². The minimum atomic E-state index is -0.291. The van der Waals surface area contributed by atoms with Gasteiger partial charge in [0, 0.05) is 24.5 Å². The van der Waals surface area contributed by atoms with Gasteiger partial charge in [-0.3, -0.25) is 4.90 Å². The normalized spacial score (nSPS) is 29.6. The molecule has 2 aliphatic heterocycles. The molecular weight excluding hydrogens is 298 g/mol. The van der Waals surface area contributed by atoms with Crippen LogP contribution in [0.5, 0.6) is 5.75 Å². The highest BCUT2D eigenvalue weighted by Gasteiger charge is 2.46. The Morgan fingerprint density at radius 3 is 2.50 bits per heavy atom. The molecule has 0 aromatic heterocycles. The summed E-state index contributed by atoms with van der Waals surface area (Å²) in [5.74, 6) is 1.11. The number of ether oxygens (including phenoxy) is 1. The van der Waals surface area contributed by atoms with Crippen molar-refractivity contribution in [2.24, 2.45) is 0 Å². The van der Waals surface area contributed by atoms with Gasteiger partial charge in [0.1, 0.15) is 5.75 Å². The number of methoxy groups -OCH3 is 1. The van der Waals surface area contributed by atoms with Crippen molar-refractivity contribution in [3.8, 4) is 5.75 Å². The Labute approximate surface area is 143 Å². The van der Waals surface area contributed by atoms with Crippen molar-refractivity contribution in [1.29, 1.82) is 0 Å². The number of nitrogens with zero attached hydrogens (tertiary/aromatic N) is 1. The van der Waals surface area contributed by atoms with Gasteiger partial charge in [-0.05, 0) is 42.5 Å². The Balaban J connectivity index is 1.52. The van der Waals surface area contributed by atoms with Gasteiger partial charge in [-0.2, -0.15) is 0 Å². The van der Waals surface area contributed by atoms with E-state index < -0.39 is 0 Å². The number of fused-ring (bicyclic) bond motifs is 2. The van der Waals surface area contributed by atoms with Crippen LogP contribution in [-0.2, 0) is 6.54 Å². The van der Waals surface area contributed by atoms with E-state index in [4.69, 9.17) is 4.74 Å². The maximum atomic E-state index is 11.0. The Hall–Kier alpha value is -1.84. The van der Waals surface area contributed by atoms with Crippen molar-refractivity contribution in [2.75, 3.05) is 7.11 Å². The molecule has 2 heterocycles. The zero-order valence-electron chi connectivity index (χ0n) is 14.1. The smallest absolute Gasteiger partial charge is 0.118 e. The quantitative estimate of drug-likeness (QED) is 0.933. The Bertz CT molecular complexity index is 670. The molecule has 4 atom stereocenters. The monoisotopic (exact) mass is 323 g/mol. The number of benzene rings is 2. The highest BCUT2D eigenvalue weighted by Crippen LogP contribution is 2.44. The number of rotatable bonds is 4. The lowest BCUT2D eigenvalue weighted by Gasteiger charge is -2.42. The Kier molecular flexibility index (Phi) is 4.30. The predicted octanol–water partition coefficient (Wildman–Crippen LogP) is 3.58. The van der Waals surface area contributed by atoms with Crippen LogP contribution in [0, 0.1) is 0 Å². The predicted molar refractivity (Wildman–Crippen MR) is 95.2 cm³/mol. The number of aliphatic hydroxyl groups excluding tert-OH is 1. The second-order valence-corrected chi connectivity index (χ2v) is 7.06. The molecule has 2 aromatic rings. The van der Waals surface area contributed by atoms with E-state index in [9.17, 15) is 5.11 Å². The third kappa shape index (κ3) is 2.83. The summed E-state index contributed by atoms with van der Waals surface area (Å²) in [6.45, 7) is 0.947. The molecule has 0 spiro atoms. The fraction of sp³-hybridized carbons (Fsp3) is 0.429. The molecule has 4 unspecified atom stereocenters. The molecule has 2 aliphatic rings. The number of hydrogen-bond acceptors (Lipinski definition) is 3. The van der Waals surface area contributed by atoms with Crippen LogP contribution in [0.4, 0.5) is 0 Å². The second kappa shape index (κ2) is 6.58. The van der Waals surface area contributed by atoms with Crippen molar-refractivity contribution < 1.29 is 9.84 Å². The van der Waals surface area contributed by atoms with Crippen LogP contribution in [0.1, 0.15) is 36.3 Å². The minimum absolute atomic E-state index is 0.237. The Morgan fingerprint density at radius 1 is 1.04 bits per heavy atom. The van der Waals surface area contributed by atoms with Crippen LogP contribution < -0.4 is 4.74 Å². The van der Waals surface area contributed by atoms with Gasteiger partial charge in [0.05, 0.1) is 13.2 Å². The van der Waals surface area contributed by atoms with Crippen molar-refractivity contribution in [3.63, 3.8) is 0 Å². The summed E-state index contributed by atoms with van der Waals surface area (Å²) < 4.78 is 5.25. The molecular formula is C21H25NO2. The van der Waals surface area contributed by atoms with E-state index in [2.05, 4.69) is 47.4 Å². The molecule has 3 heteroatoms. The van der Waals surface area contributed by atoms with E-state index >= 15 is 0 Å². The summed E-state index contributed by atoms with van der Waals surface area (Å²) in [4.78, 5) is 2.53. The van der Waals surface area contributed by atoms with Gasteiger partial charge in [0.15, 0.2) is 0 Å². The lowest BCUT2D eigenvalue weighted by molar-refractivity contribution is -0.00698. The van der Waals surface area contributed by atoms with Crippen LogP contribution in [0.15, 0.2) is 54.6 Å². The summed E-state index contributed by atoms with van der Waals surface area (Å²) in [6, 6.07) is 19.7. The third-order valence-corrected chi connectivity index (χ3v) is 5.78. The van der Waals surface area contributed by atoms with E-state index in [1.807, 2.05) is 12.1 Å². The molecule has 2 aromatic carbocycles. The number of aliphatic hydroxyl groups is 1. The molecule has 0 saturated carbocycles. The lowest BCUT2D eigenvalue weighted by atomic mass is 9.82. The maximum absolute atomic E-state index is 11.0. The fourth-order valence-electron chi connectivity index (χ4n) is 4.51. The SMILES string of the molecule is COc1ccc(C2CC3CCC(C2O)N3Cc2ccccc2)cc1. The van der Waals surface area contributed by atoms with Gasteiger partial charge in [-0.1, -0.05) is 42.5 Å². The van der Waals surface area contributed by atoms with Crippen LogP contribution >= 0.6 is 0 Å². The van der Waals surface area contributed by atoms with Crippen LogP contribution in [-0.4, -0.2) is 35.3 Å². The van der Waals surface area contributed by atoms with Crippen LogP contribution in [0.3, 0.4) is 0 Å². The summed E-state index contributed by atoms with van der Waals surface area (Å²) >= 11 is 0. The summed E-state index contributed by atoms with van der Waals surface area (Å²) in [5, 5.41) is 11.0. The number of piperidine rings is 1. The Morgan fingerprint density at radius 2 is 1.79 bits per heavy atom. The average Bonchev–Trinajstić information content (AvgIpc) is 2.93. The van der Waals surface area contributed by atoms with E-state index in [1.165, 1.54) is 17.5 Å². The highest BCUT2D eigenvalue weighted by atomic mass is 16.5. The van der Waals surface area contributed by atoms with Crippen molar-refractivity contribution in [3.05, 3.63) is 65.7 Å². The molecule has 2 saturated heterocycles. The molecule has 0 aliphatic carbocycles. The first-order valence-electron chi connectivity index (χ1n) is 8.88. The van der Waals surface area contributed by atoms with Gasteiger partial charge >= 0.3 is 0 Å². The first-order valence-corrected chi connectivity index (χ1v) is 8.88. The van der Waals surface area contributed by atoms with Gasteiger partial charge in [-0.25, -0.2) is 0 Å². The second-order valence-electron chi connectivity index (χ2n) is 7.06. The van der Waals surface area contributed by atoms with Gasteiger partial charge in [0.2, 0.25) is 0 Å². The van der Waals surface area contributed by atoms with Crippen LogP contribution in [0.25, 0.3) is 0 Å². The zero-order chi connectivity index (χ0) is 16.5. The van der Waals surface area contributed by atoms with Gasteiger partial charge in [0.25, 0.3) is 0 Å². The first kappa shape index (κ1) is 15.7. The molecule has 1 N–H and O–H groups in total. The standard InChI is InChI=1S/C21H25NO2/c1-24-18-10-7-16(8-11-18)19-13-17-9-12-20(21(19)23)22(17)14-15-5-3-2-4-6-15/h2-8,10-11,17,19-21,23H,9,12-14H2,1H3. The topological polar surface area (TPSA) is 32.7 Å². The van der Waals surface area contributed by atoms with Crippen molar-refractivity contribution >= 4 is 0 Å². The van der Waals surface area contributed by atoms with E-state index in [0.29, 0.717) is 6.04 Å². The molecule has 2 fully saturated rings. The van der Waals surface area contributed by atoms with Crippen molar-refractivity contribution in [2.45, 2.75) is 49.9 Å². The molecule has 126 valence electrons. The maximum Gasteiger partial charge on any atom is 0.118 e. The summed E-state index contributed by atoms with van der Waals surface area (Å²) in [6.07, 6.45) is 3.05. The highest BCUT2D eigenvalue weighted by molar-refractivity contribution is 5.31. The summed E-state index contributed by atoms with van der Waals surface area (Å²) in [5.41, 5.74) is 2.57. The summed E-state index contributed by atoms with van der Waals surface area (Å²) in [7, 11) is 1.69. The fourth-order valence-corrected chi connectivity index (χ4v) is 4.51. The molecule has 24 heavy (non-hydrogen) atoms. The van der Waals surface area contributed by atoms with Gasteiger partial charge < -0.3 is 9.84 Å².